The average Bonchev–Trinajstić information content (AvgIpc) is 2.91. The number of ether oxygens (including phenoxy) is 1. The number of rotatable bonds is 8. The van der Waals surface area contributed by atoms with E-state index in [1.807, 2.05) is 24.3 Å². The normalized spacial score (nSPS) is 18.8. The zero-order valence-electron chi connectivity index (χ0n) is 21.9. The molecule has 200 valence electrons. The fraction of sp³-hybridized carbons (Fsp3) is 0.367. The van der Waals surface area contributed by atoms with Gasteiger partial charge in [0.1, 0.15) is 6.54 Å². The van der Waals surface area contributed by atoms with Gasteiger partial charge in [-0.25, -0.2) is 4.79 Å². The number of nitrogens with zero attached hydrogens (tertiary/aromatic N) is 3. The first-order chi connectivity index (χ1) is 18.4. The number of piperazine rings is 1. The molecule has 2 aromatic carbocycles. The van der Waals surface area contributed by atoms with E-state index in [0.29, 0.717) is 29.4 Å². The second kappa shape index (κ2) is 12.9. The van der Waals surface area contributed by atoms with Gasteiger partial charge in [0.25, 0.3) is 0 Å². The van der Waals surface area contributed by atoms with E-state index in [1.54, 1.807) is 36.9 Å². The van der Waals surface area contributed by atoms with Crippen molar-refractivity contribution in [3.63, 3.8) is 0 Å². The summed E-state index contributed by atoms with van der Waals surface area (Å²) >= 11 is 6.19. The summed E-state index contributed by atoms with van der Waals surface area (Å²) in [7, 11) is 0. The van der Waals surface area contributed by atoms with Crippen LogP contribution in [0.4, 0.5) is 0 Å². The summed E-state index contributed by atoms with van der Waals surface area (Å²) in [5, 5.41) is 0.531. The summed E-state index contributed by atoms with van der Waals surface area (Å²) in [6, 6.07) is 17.3. The van der Waals surface area contributed by atoms with E-state index in [4.69, 9.17) is 16.3 Å². The Morgan fingerprint density at radius 3 is 2.47 bits per heavy atom. The fourth-order valence-corrected chi connectivity index (χ4v) is 5.20. The smallest absolute Gasteiger partial charge is 0.336 e. The third-order valence-electron chi connectivity index (χ3n) is 7.06. The summed E-state index contributed by atoms with van der Waals surface area (Å²) in [6.45, 7) is 7.12. The number of amides is 2. The van der Waals surface area contributed by atoms with Crippen molar-refractivity contribution >= 4 is 35.5 Å². The molecule has 2 heterocycles. The molecule has 0 aromatic heterocycles. The molecule has 1 atom stereocenters. The van der Waals surface area contributed by atoms with Crippen molar-refractivity contribution in [2.24, 2.45) is 0 Å². The number of esters is 1. The second-order valence-electron chi connectivity index (χ2n) is 9.51. The molecule has 0 radical (unpaired) electrons. The van der Waals surface area contributed by atoms with E-state index >= 15 is 0 Å². The Balaban J connectivity index is 1.41. The minimum Gasteiger partial charge on any atom is -0.463 e. The van der Waals surface area contributed by atoms with Gasteiger partial charge in [0.15, 0.2) is 0 Å². The maximum Gasteiger partial charge on any atom is 0.336 e. The molecule has 2 aliphatic heterocycles. The molecule has 1 unspecified atom stereocenters. The van der Waals surface area contributed by atoms with Crippen LogP contribution in [0.1, 0.15) is 37.3 Å². The fourth-order valence-electron chi connectivity index (χ4n) is 5.00. The van der Waals surface area contributed by atoms with Gasteiger partial charge in [-0.3, -0.25) is 14.5 Å². The van der Waals surface area contributed by atoms with Crippen molar-refractivity contribution in [2.75, 3.05) is 45.9 Å². The van der Waals surface area contributed by atoms with Gasteiger partial charge in [0.05, 0.1) is 12.2 Å². The first-order valence-corrected chi connectivity index (χ1v) is 13.4. The van der Waals surface area contributed by atoms with Crippen LogP contribution in [-0.4, -0.2) is 78.4 Å². The van der Waals surface area contributed by atoms with Crippen LogP contribution in [0, 0.1) is 0 Å². The van der Waals surface area contributed by atoms with Crippen LogP contribution in [0.5, 0.6) is 0 Å². The topological polar surface area (TPSA) is 70.2 Å². The van der Waals surface area contributed by atoms with Crippen molar-refractivity contribution in [3.05, 3.63) is 88.1 Å². The summed E-state index contributed by atoms with van der Waals surface area (Å²) in [6.07, 6.45) is 4.31. The summed E-state index contributed by atoms with van der Waals surface area (Å²) in [5.41, 5.74) is 2.80. The van der Waals surface area contributed by atoms with E-state index in [-0.39, 0.29) is 31.4 Å². The Bertz CT molecular complexity index is 1220. The Kier molecular flexibility index (Phi) is 9.37. The molecule has 0 bridgehead atoms. The Hall–Kier alpha value is -3.42. The average molecular weight is 536 g/mol. The summed E-state index contributed by atoms with van der Waals surface area (Å²) in [4.78, 5) is 44.9. The lowest BCUT2D eigenvalue weighted by Gasteiger charge is -2.37. The number of carbonyl (C=O) groups excluding carboxylic acids is 3. The Morgan fingerprint density at radius 1 is 1.05 bits per heavy atom. The molecule has 0 aliphatic carbocycles. The molecule has 2 aliphatic rings. The molecule has 4 rings (SSSR count). The van der Waals surface area contributed by atoms with Crippen molar-refractivity contribution in [3.8, 4) is 0 Å². The lowest BCUT2D eigenvalue weighted by atomic mass is 9.83. The zero-order chi connectivity index (χ0) is 27.1. The first-order valence-electron chi connectivity index (χ1n) is 13.0. The molecule has 1 saturated heterocycles. The third kappa shape index (κ3) is 6.71. The molecule has 38 heavy (non-hydrogen) atoms. The molecule has 0 saturated carbocycles. The van der Waals surface area contributed by atoms with Crippen LogP contribution >= 0.6 is 11.6 Å². The quantitative estimate of drug-likeness (QED) is 0.470. The number of benzene rings is 2. The second-order valence-corrected chi connectivity index (χ2v) is 9.94. The summed E-state index contributed by atoms with van der Waals surface area (Å²) in [5.74, 6) is -1.27. The van der Waals surface area contributed by atoms with Crippen molar-refractivity contribution < 1.29 is 19.1 Å². The summed E-state index contributed by atoms with van der Waals surface area (Å²) < 4.78 is 5.34. The standard InChI is InChI=1S/C30H34ClN3O4/c1-3-38-30(37)29-22(2)34(27(35)20-26(29)24-12-7-13-25(31)19-24)21-28(36)33-17-15-32(16-18-33)14-8-11-23-9-5-4-6-10-23/h4-13,19,26H,3,14-18,20-21H2,1-2H3. The molecule has 7 nitrogen and oxygen atoms in total. The molecular formula is C30H34ClN3O4. The third-order valence-corrected chi connectivity index (χ3v) is 7.30. The predicted molar refractivity (Wildman–Crippen MR) is 148 cm³/mol. The van der Waals surface area contributed by atoms with Gasteiger partial charge in [0, 0.05) is 55.8 Å². The molecule has 0 N–H and O–H groups in total. The van der Waals surface area contributed by atoms with Gasteiger partial charge in [-0.05, 0) is 37.1 Å². The van der Waals surface area contributed by atoms with Gasteiger partial charge < -0.3 is 14.5 Å². The number of allylic oxidation sites excluding steroid dienone is 1. The van der Waals surface area contributed by atoms with E-state index < -0.39 is 11.9 Å². The molecule has 8 heteroatoms. The van der Waals surface area contributed by atoms with Gasteiger partial charge in [0.2, 0.25) is 11.8 Å². The number of carbonyl (C=O) groups is 3. The first kappa shape index (κ1) is 27.6. The van der Waals surface area contributed by atoms with E-state index in [0.717, 1.165) is 30.8 Å². The zero-order valence-corrected chi connectivity index (χ0v) is 22.7. The molecule has 2 aromatic rings. The molecule has 0 spiro atoms. The number of hydrogen-bond acceptors (Lipinski definition) is 5. The number of halogens is 1. The van der Waals surface area contributed by atoms with Crippen molar-refractivity contribution in [1.29, 1.82) is 0 Å². The van der Waals surface area contributed by atoms with Crippen molar-refractivity contribution in [1.82, 2.24) is 14.7 Å². The van der Waals surface area contributed by atoms with Crippen molar-refractivity contribution in [2.45, 2.75) is 26.2 Å². The SMILES string of the molecule is CCOC(=O)C1=C(C)N(CC(=O)N2CCN(CC=Cc3ccccc3)CC2)C(=O)CC1c1cccc(Cl)c1. The van der Waals surface area contributed by atoms with Crippen LogP contribution in [0.3, 0.4) is 0 Å². The van der Waals surface area contributed by atoms with Crippen LogP contribution < -0.4 is 0 Å². The van der Waals surface area contributed by atoms with E-state index in [1.165, 1.54) is 4.90 Å². The van der Waals surface area contributed by atoms with Gasteiger partial charge in [-0.15, -0.1) is 0 Å². The van der Waals surface area contributed by atoms with E-state index in [9.17, 15) is 14.4 Å². The maximum absolute atomic E-state index is 13.2. The largest absolute Gasteiger partial charge is 0.463 e. The number of hydrogen-bond donors (Lipinski definition) is 0. The van der Waals surface area contributed by atoms with Crippen LogP contribution in [0.15, 0.2) is 71.9 Å². The minimum absolute atomic E-state index is 0.0701. The van der Waals surface area contributed by atoms with Gasteiger partial charge in [-0.2, -0.15) is 0 Å². The van der Waals surface area contributed by atoms with Crippen LogP contribution in [0.2, 0.25) is 5.02 Å². The Labute approximate surface area is 229 Å². The van der Waals surface area contributed by atoms with Gasteiger partial charge >= 0.3 is 5.97 Å². The highest BCUT2D eigenvalue weighted by Gasteiger charge is 2.38. The van der Waals surface area contributed by atoms with E-state index in [2.05, 4.69) is 29.2 Å². The molecule has 1 fully saturated rings. The Morgan fingerprint density at radius 2 is 1.79 bits per heavy atom. The minimum atomic E-state index is -0.475. The predicted octanol–water partition coefficient (Wildman–Crippen LogP) is 4.35. The molecular weight excluding hydrogens is 502 g/mol. The lowest BCUT2D eigenvalue weighted by Crippen LogP contribution is -2.52. The molecule has 2 amide bonds. The highest BCUT2D eigenvalue weighted by molar-refractivity contribution is 6.30. The van der Waals surface area contributed by atoms with Gasteiger partial charge in [-0.1, -0.05) is 66.2 Å². The van der Waals surface area contributed by atoms with Crippen LogP contribution in [0.25, 0.3) is 6.08 Å². The lowest BCUT2D eigenvalue weighted by molar-refractivity contribution is -0.143. The maximum atomic E-state index is 13.2. The highest BCUT2D eigenvalue weighted by atomic mass is 35.5. The monoisotopic (exact) mass is 535 g/mol. The highest BCUT2D eigenvalue weighted by Crippen LogP contribution is 2.37. The van der Waals surface area contributed by atoms with Crippen LogP contribution in [-0.2, 0) is 19.1 Å².